The van der Waals surface area contributed by atoms with E-state index in [9.17, 15) is 74.1 Å². The van der Waals surface area contributed by atoms with Gasteiger partial charge in [0.1, 0.15) is 23.5 Å². The number of carbonyl (C=O) groups excluding carboxylic acids is 7. The molecule has 13 N–H and O–H groups in total. The molecule has 0 saturated carbocycles. The predicted octanol–water partition coefficient (Wildman–Crippen LogP) is 2.98. The molecule has 7 amide bonds. The Labute approximate surface area is 428 Å². The Morgan fingerprint density at radius 3 is 1.49 bits per heavy atom. The van der Waals surface area contributed by atoms with Crippen molar-refractivity contribution in [3.8, 4) is 34.5 Å². The van der Waals surface area contributed by atoms with Gasteiger partial charge in [0, 0.05) is 42.8 Å². The van der Waals surface area contributed by atoms with Crippen LogP contribution in [0.5, 0.6) is 34.5 Å². The number of aromatic hydroxyl groups is 6. The Bertz CT molecular complexity index is 2600. The first-order valence-corrected chi connectivity index (χ1v) is 24.6. The summed E-state index contributed by atoms with van der Waals surface area (Å²) in [5.41, 5.74) is -1.39. The summed E-state index contributed by atoms with van der Waals surface area (Å²) in [6.45, 7) is 3.39. The van der Waals surface area contributed by atoms with Gasteiger partial charge >= 0.3 is 5.97 Å². The van der Waals surface area contributed by atoms with Crippen LogP contribution in [0.4, 0.5) is 0 Å². The number of benzene rings is 4. The van der Waals surface area contributed by atoms with Gasteiger partial charge < -0.3 is 72.5 Å². The number of carboxylic acids is 1. The van der Waals surface area contributed by atoms with Crippen LogP contribution in [-0.4, -0.2) is 135 Å². The van der Waals surface area contributed by atoms with E-state index in [0.29, 0.717) is 5.56 Å². The molecule has 0 radical (unpaired) electrons. The van der Waals surface area contributed by atoms with E-state index in [0.717, 1.165) is 0 Å². The maximum absolute atomic E-state index is 14.1. The zero-order chi connectivity index (χ0) is 53.9. The number of nitrogens with one attached hydrogen (secondary N) is 6. The van der Waals surface area contributed by atoms with Gasteiger partial charge in [0.15, 0.2) is 34.5 Å². The van der Waals surface area contributed by atoms with Crippen molar-refractivity contribution in [1.29, 1.82) is 0 Å². The highest BCUT2D eigenvalue weighted by molar-refractivity contribution is 8.01. The van der Waals surface area contributed by atoms with E-state index in [1.807, 2.05) is 0 Å². The van der Waals surface area contributed by atoms with Gasteiger partial charge in [-0.25, -0.2) is 4.79 Å². The van der Waals surface area contributed by atoms with Gasteiger partial charge in [-0.3, -0.25) is 33.6 Å². The quantitative estimate of drug-likeness (QED) is 0.0273. The summed E-state index contributed by atoms with van der Waals surface area (Å²) < 4.78 is -0.852. The summed E-state index contributed by atoms with van der Waals surface area (Å²) in [7, 11) is 0. The smallest absolute Gasteiger partial charge is 0.327 e. The number of β-lactam (4-membered cyclic amide) rings is 1. The third kappa shape index (κ3) is 13.1. The molecule has 394 valence electrons. The Morgan fingerprint density at radius 1 is 0.622 bits per heavy atom. The largest absolute Gasteiger partial charge is 0.504 e. The van der Waals surface area contributed by atoms with Gasteiger partial charge in [0.05, 0.1) is 16.7 Å². The number of fused-ring (bicyclic) bond motifs is 1. The summed E-state index contributed by atoms with van der Waals surface area (Å²) in [5, 5.41) is 86.3. The second-order valence-electron chi connectivity index (χ2n) is 18.4. The Kier molecular flexibility index (Phi) is 17.9. The molecule has 0 unspecified atom stereocenters. The molecule has 0 aromatic heterocycles. The number of phenolic OH excluding ortho intramolecular Hbond substituents is 6. The van der Waals surface area contributed by atoms with Crippen molar-refractivity contribution in [2.45, 2.75) is 99.0 Å². The van der Waals surface area contributed by atoms with E-state index in [-0.39, 0.29) is 74.8 Å². The second-order valence-corrected chi connectivity index (χ2v) is 20.2. The standard InChI is InChI=1S/C51H59N7O15S/c1-50(2)42(49(72)73)58-47(71)38(48(58)74-50)56-46(70)37(28-12-4-3-5-13-28)55-35(62)20-21-36(63)57-51(22-9-25-52-43(67)29-14-6-17-32(59)39(29)64,23-10-26-53-44(68)30-15-7-18-33(60)40(30)65)24-11-27-54-45(69)31-16-8-19-34(61)41(31)66/h3-8,12-19,37-38,42,48,59-61,64-66H,9-11,20-27H2,1-2H3,(H,52,67)(H,53,68)(H,54,69)(H,55,62)(H,56,70)(H,57,63)(H,72,73)/t37-,38-,42+,48-/m1/s1. The summed E-state index contributed by atoms with van der Waals surface area (Å²) in [6.07, 6.45) is 0.196. The van der Waals surface area contributed by atoms with Gasteiger partial charge in [0.25, 0.3) is 17.7 Å². The van der Waals surface area contributed by atoms with Crippen LogP contribution >= 0.6 is 11.8 Å². The van der Waals surface area contributed by atoms with Crippen molar-refractivity contribution in [3.05, 3.63) is 107 Å². The van der Waals surface area contributed by atoms with E-state index >= 15 is 0 Å². The van der Waals surface area contributed by atoms with E-state index < -0.39 is 128 Å². The third-order valence-corrected chi connectivity index (χ3v) is 14.4. The number of hydrogen-bond donors (Lipinski definition) is 13. The first-order valence-electron chi connectivity index (χ1n) is 23.7. The number of hydrogen-bond acceptors (Lipinski definition) is 15. The normalized spacial score (nSPS) is 16.9. The van der Waals surface area contributed by atoms with E-state index in [4.69, 9.17) is 0 Å². The molecule has 2 saturated heterocycles. The van der Waals surface area contributed by atoms with Gasteiger partial charge in [-0.2, -0.15) is 0 Å². The summed E-state index contributed by atoms with van der Waals surface area (Å²) >= 11 is 1.24. The molecular weight excluding hydrogens is 983 g/mol. The van der Waals surface area contributed by atoms with Crippen LogP contribution in [0.15, 0.2) is 84.9 Å². The topological polar surface area (TPSA) is 354 Å². The van der Waals surface area contributed by atoms with Crippen molar-refractivity contribution in [2.24, 2.45) is 0 Å². The Hall–Kier alpha value is -8.21. The van der Waals surface area contributed by atoms with Crippen LogP contribution in [0.2, 0.25) is 0 Å². The van der Waals surface area contributed by atoms with Gasteiger partial charge in [-0.05, 0) is 94.3 Å². The van der Waals surface area contributed by atoms with Crippen molar-refractivity contribution in [3.63, 3.8) is 0 Å². The predicted molar refractivity (Wildman–Crippen MR) is 267 cm³/mol. The highest BCUT2D eigenvalue weighted by Gasteiger charge is 2.64. The van der Waals surface area contributed by atoms with E-state index in [1.165, 1.54) is 71.3 Å². The van der Waals surface area contributed by atoms with Crippen LogP contribution in [-0.2, 0) is 24.0 Å². The van der Waals surface area contributed by atoms with Crippen LogP contribution in [0, 0.1) is 0 Å². The lowest BCUT2D eigenvalue weighted by Gasteiger charge is -2.44. The summed E-state index contributed by atoms with van der Waals surface area (Å²) in [4.78, 5) is 107. The van der Waals surface area contributed by atoms with Gasteiger partial charge in [-0.15, -0.1) is 11.8 Å². The minimum atomic E-state index is -1.33. The molecule has 22 nitrogen and oxygen atoms in total. The second kappa shape index (κ2) is 24.0. The lowest BCUT2D eigenvalue weighted by atomic mass is 9.83. The number of carboxylic acid groups (broad SMARTS) is 1. The van der Waals surface area contributed by atoms with Crippen LogP contribution in [0.3, 0.4) is 0 Å². The molecule has 0 bridgehead atoms. The molecule has 4 atom stereocenters. The average molecular weight is 1040 g/mol. The highest BCUT2D eigenvalue weighted by atomic mass is 32.2. The molecule has 4 aromatic carbocycles. The van der Waals surface area contributed by atoms with E-state index in [2.05, 4.69) is 31.9 Å². The number of nitrogens with zero attached hydrogens (tertiary/aromatic N) is 1. The van der Waals surface area contributed by atoms with E-state index in [1.54, 1.807) is 44.2 Å². The van der Waals surface area contributed by atoms with Crippen molar-refractivity contribution >= 4 is 59.1 Å². The Morgan fingerprint density at radius 2 is 1.05 bits per heavy atom. The van der Waals surface area contributed by atoms with Crippen LogP contribution < -0.4 is 31.9 Å². The summed E-state index contributed by atoms with van der Waals surface area (Å²) in [5.74, 6) is -9.33. The number of amides is 7. The third-order valence-electron chi connectivity index (χ3n) is 12.8. The van der Waals surface area contributed by atoms with Crippen LogP contribution in [0.25, 0.3) is 0 Å². The molecule has 0 aliphatic carbocycles. The molecule has 2 heterocycles. The first-order chi connectivity index (χ1) is 35.1. The lowest BCUT2D eigenvalue weighted by Crippen LogP contribution is -2.71. The number of carbonyl (C=O) groups is 8. The molecule has 2 aliphatic rings. The van der Waals surface area contributed by atoms with Gasteiger partial charge in [0.2, 0.25) is 23.6 Å². The maximum atomic E-state index is 14.1. The molecular formula is C51H59N7O15S. The minimum Gasteiger partial charge on any atom is -0.504 e. The fourth-order valence-electron chi connectivity index (χ4n) is 9.02. The highest BCUT2D eigenvalue weighted by Crippen LogP contribution is 2.51. The van der Waals surface area contributed by atoms with Gasteiger partial charge in [-0.1, -0.05) is 48.5 Å². The van der Waals surface area contributed by atoms with Crippen molar-refractivity contribution < 1.29 is 74.1 Å². The molecule has 74 heavy (non-hydrogen) atoms. The van der Waals surface area contributed by atoms with Crippen molar-refractivity contribution in [1.82, 2.24) is 36.8 Å². The summed E-state index contributed by atoms with van der Waals surface area (Å²) in [6, 6.07) is 16.3. The molecule has 6 rings (SSSR count). The van der Waals surface area contributed by atoms with Crippen molar-refractivity contribution in [2.75, 3.05) is 19.6 Å². The molecule has 2 aliphatic heterocycles. The number of rotatable bonds is 24. The monoisotopic (exact) mass is 1040 g/mol. The SMILES string of the molecule is CC1(C)S[C@@H]2[C@H](NC(=O)[C@H](NC(=O)CCC(=O)NC(CCCNC(=O)c3cccc(O)c3O)(CCCNC(=O)c3cccc(O)c3O)CCCNC(=O)c3cccc(O)c3O)c3ccccc3)C(=O)N2[C@H]1C(=O)O. The fourth-order valence-corrected chi connectivity index (χ4v) is 10.6. The molecule has 2 fully saturated rings. The number of thioether (sulfide) groups is 1. The Balaban J connectivity index is 1.17. The molecule has 4 aromatic rings. The zero-order valence-electron chi connectivity index (χ0n) is 40.4. The zero-order valence-corrected chi connectivity index (χ0v) is 41.2. The number of phenols is 6. The minimum absolute atomic E-state index is 0.000257. The van der Waals surface area contributed by atoms with Crippen LogP contribution in [0.1, 0.15) is 108 Å². The number of para-hydroxylation sites is 3. The first kappa shape index (κ1) is 55.1. The molecule has 0 spiro atoms. The molecule has 23 heteroatoms. The fraction of sp³-hybridized carbons (Fsp3) is 0.373. The average Bonchev–Trinajstić information content (AvgIpc) is 3.63. The lowest BCUT2D eigenvalue weighted by molar-refractivity contribution is -0.161. The maximum Gasteiger partial charge on any atom is 0.327 e. The number of aliphatic carboxylic acids is 1.